The molecule has 0 aromatic carbocycles. The zero-order valence-corrected chi connectivity index (χ0v) is 11.5. The number of amides is 2. The second-order valence-corrected chi connectivity index (χ2v) is 5.04. The fourth-order valence-corrected chi connectivity index (χ4v) is 2.12. The summed E-state index contributed by atoms with van der Waals surface area (Å²) in [5.41, 5.74) is 0. The van der Waals surface area contributed by atoms with Crippen LogP contribution in [0.4, 0.5) is 4.79 Å². The van der Waals surface area contributed by atoms with E-state index in [0.29, 0.717) is 19.5 Å². The number of rotatable bonds is 9. The first-order chi connectivity index (χ1) is 9.18. The molecule has 0 aliphatic rings. The molecule has 1 rings (SSSR count). The molecule has 0 spiro atoms. The van der Waals surface area contributed by atoms with Gasteiger partial charge in [-0.25, -0.2) is 9.78 Å². The van der Waals surface area contributed by atoms with Gasteiger partial charge in [-0.2, -0.15) is 0 Å². The molecular weight excluding hydrogens is 266 g/mol. The molecule has 1 heterocycles. The Balaban J connectivity index is 1.92. The second kappa shape index (κ2) is 9.32. The molecule has 1 aromatic heterocycles. The molecule has 0 unspecified atom stereocenters. The molecule has 6 nitrogen and oxygen atoms in total. The highest BCUT2D eigenvalue weighted by Gasteiger charge is 2.01. The summed E-state index contributed by atoms with van der Waals surface area (Å²) in [6, 6.07) is -0.185. The Kier molecular flexibility index (Phi) is 7.57. The van der Waals surface area contributed by atoms with Crippen molar-refractivity contribution in [3.8, 4) is 0 Å². The summed E-state index contributed by atoms with van der Waals surface area (Å²) in [4.78, 5) is 25.8. The summed E-state index contributed by atoms with van der Waals surface area (Å²) in [6.45, 7) is 1.14. The lowest BCUT2D eigenvalue weighted by Gasteiger charge is -2.06. The highest BCUT2D eigenvalue weighted by molar-refractivity contribution is 7.09. The lowest BCUT2D eigenvalue weighted by molar-refractivity contribution is -0.137. The van der Waals surface area contributed by atoms with Crippen molar-refractivity contribution in [2.45, 2.75) is 32.1 Å². The van der Waals surface area contributed by atoms with Crippen LogP contribution in [-0.2, 0) is 11.2 Å². The number of hydrogen-bond donors (Lipinski definition) is 3. The maximum atomic E-state index is 11.4. The van der Waals surface area contributed by atoms with Crippen LogP contribution in [0.15, 0.2) is 11.6 Å². The van der Waals surface area contributed by atoms with Crippen LogP contribution in [0.25, 0.3) is 0 Å². The highest BCUT2D eigenvalue weighted by Crippen LogP contribution is 2.03. The molecular formula is C12H19N3O3S. The number of carboxylic acid groups (broad SMARTS) is 1. The number of hydrogen-bond acceptors (Lipinski definition) is 4. The fraction of sp³-hybridized carbons (Fsp3) is 0.583. The molecule has 7 heteroatoms. The smallest absolute Gasteiger partial charge is 0.314 e. The third-order valence-electron chi connectivity index (χ3n) is 2.46. The zero-order chi connectivity index (χ0) is 13.9. The van der Waals surface area contributed by atoms with Gasteiger partial charge in [0.05, 0.1) is 5.01 Å². The van der Waals surface area contributed by atoms with Crippen molar-refractivity contribution in [2.75, 3.05) is 13.1 Å². The van der Waals surface area contributed by atoms with E-state index in [2.05, 4.69) is 15.6 Å². The molecule has 0 aliphatic heterocycles. The maximum Gasteiger partial charge on any atom is 0.314 e. The number of unbranched alkanes of at least 4 members (excludes halogenated alkanes) is 2. The van der Waals surface area contributed by atoms with Gasteiger partial charge < -0.3 is 15.7 Å². The van der Waals surface area contributed by atoms with Crippen molar-refractivity contribution in [3.05, 3.63) is 16.6 Å². The highest BCUT2D eigenvalue weighted by atomic mass is 32.1. The fourth-order valence-electron chi connectivity index (χ4n) is 1.50. The summed E-state index contributed by atoms with van der Waals surface area (Å²) >= 11 is 1.57. The summed E-state index contributed by atoms with van der Waals surface area (Å²) in [7, 11) is 0. The Labute approximate surface area is 116 Å². The number of carbonyl (C=O) groups is 2. The van der Waals surface area contributed by atoms with Gasteiger partial charge in [0.25, 0.3) is 0 Å². The second-order valence-electron chi connectivity index (χ2n) is 4.06. The molecule has 0 radical (unpaired) electrons. The van der Waals surface area contributed by atoms with Gasteiger partial charge in [-0.05, 0) is 12.8 Å². The van der Waals surface area contributed by atoms with E-state index < -0.39 is 5.97 Å². The standard InChI is InChI=1S/C12H19N3O3S/c16-11(17)4-2-1-3-6-14-12(18)15-7-5-10-13-8-9-19-10/h8-9H,1-7H2,(H,16,17)(H2,14,15,18). The number of carboxylic acids is 1. The van der Waals surface area contributed by atoms with Crippen molar-refractivity contribution in [3.63, 3.8) is 0 Å². The number of nitrogens with zero attached hydrogens (tertiary/aromatic N) is 1. The topological polar surface area (TPSA) is 91.3 Å². The van der Waals surface area contributed by atoms with Crippen LogP contribution >= 0.6 is 11.3 Å². The van der Waals surface area contributed by atoms with E-state index in [-0.39, 0.29) is 12.5 Å². The molecule has 0 saturated carbocycles. The monoisotopic (exact) mass is 285 g/mol. The molecule has 2 amide bonds. The van der Waals surface area contributed by atoms with Crippen LogP contribution in [0.3, 0.4) is 0 Å². The average Bonchev–Trinajstić information content (AvgIpc) is 2.86. The first-order valence-corrected chi connectivity index (χ1v) is 7.18. The van der Waals surface area contributed by atoms with Crippen LogP contribution in [0.5, 0.6) is 0 Å². The minimum absolute atomic E-state index is 0.185. The van der Waals surface area contributed by atoms with E-state index in [4.69, 9.17) is 5.11 Å². The van der Waals surface area contributed by atoms with Gasteiger partial charge in [-0.1, -0.05) is 6.42 Å². The molecule has 0 atom stereocenters. The van der Waals surface area contributed by atoms with Crippen LogP contribution in [0.2, 0.25) is 0 Å². The molecule has 19 heavy (non-hydrogen) atoms. The lowest BCUT2D eigenvalue weighted by atomic mass is 10.2. The Bertz CT molecular complexity index is 382. The SMILES string of the molecule is O=C(O)CCCCCNC(=O)NCCc1nccs1. The molecule has 106 valence electrons. The van der Waals surface area contributed by atoms with Crippen LogP contribution in [0, 0.1) is 0 Å². The molecule has 0 fully saturated rings. The Morgan fingerprint density at radius 2 is 2.00 bits per heavy atom. The summed E-state index contributed by atoms with van der Waals surface area (Å²) in [5, 5.41) is 16.9. The minimum atomic E-state index is -0.770. The normalized spacial score (nSPS) is 10.1. The predicted octanol–water partition coefficient (Wildman–Crippen LogP) is 1.63. The van der Waals surface area contributed by atoms with Crippen LogP contribution in [0.1, 0.15) is 30.7 Å². The molecule has 0 bridgehead atoms. The van der Waals surface area contributed by atoms with Gasteiger partial charge >= 0.3 is 12.0 Å². The summed E-state index contributed by atoms with van der Waals surface area (Å²) < 4.78 is 0. The number of carbonyl (C=O) groups excluding carboxylic acids is 1. The molecule has 1 aromatic rings. The van der Waals surface area contributed by atoms with Gasteiger partial charge in [0, 0.05) is 37.5 Å². The number of aromatic nitrogens is 1. The lowest BCUT2D eigenvalue weighted by Crippen LogP contribution is -2.37. The first kappa shape index (κ1) is 15.4. The molecule has 0 saturated heterocycles. The van der Waals surface area contributed by atoms with Gasteiger partial charge in [-0.15, -0.1) is 11.3 Å². The average molecular weight is 285 g/mol. The van der Waals surface area contributed by atoms with Crippen molar-refractivity contribution in [2.24, 2.45) is 0 Å². The Hall–Kier alpha value is -1.63. The predicted molar refractivity (Wildman–Crippen MR) is 73.3 cm³/mol. The van der Waals surface area contributed by atoms with E-state index in [1.165, 1.54) is 0 Å². The maximum absolute atomic E-state index is 11.4. The number of urea groups is 1. The van der Waals surface area contributed by atoms with Crippen molar-refractivity contribution >= 4 is 23.3 Å². The zero-order valence-electron chi connectivity index (χ0n) is 10.7. The van der Waals surface area contributed by atoms with E-state index in [1.807, 2.05) is 5.38 Å². The molecule has 0 aliphatic carbocycles. The summed E-state index contributed by atoms with van der Waals surface area (Å²) in [6.07, 6.45) is 4.95. The van der Waals surface area contributed by atoms with Crippen molar-refractivity contribution in [1.82, 2.24) is 15.6 Å². The van der Waals surface area contributed by atoms with E-state index in [1.54, 1.807) is 17.5 Å². The van der Waals surface area contributed by atoms with Gasteiger partial charge in [0.2, 0.25) is 0 Å². The largest absolute Gasteiger partial charge is 0.481 e. The minimum Gasteiger partial charge on any atom is -0.481 e. The van der Waals surface area contributed by atoms with Crippen LogP contribution < -0.4 is 10.6 Å². The third kappa shape index (κ3) is 8.15. The number of thiazole rings is 1. The van der Waals surface area contributed by atoms with Crippen molar-refractivity contribution < 1.29 is 14.7 Å². The summed E-state index contributed by atoms with van der Waals surface area (Å²) in [5.74, 6) is -0.770. The van der Waals surface area contributed by atoms with Gasteiger partial charge in [0.15, 0.2) is 0 Å². The van der Waals surface area contributed by atoms with Crippen molar-refractivity contribution in [1.29, 1.82) is 0 Å². The van der Waals surface area contributed by atoms with Gasteiger partial charge in [0.1, 0.15) is 0 Å². The molecule has 3 N–H and O–H groups in total. The Morgan fingerprint density at radius 1 is 1.21 bits per heavy atom. The van der Waals surface area contributed by atoms with E-state index in [0.717, 1.165) is 24.3 Å². The number of aliphatic carboxylic acids is 1. The third-order valence-corrected chi connectivity index (χ3v) is 3.30. The van der Waals surface area contributed by atoms with Gasteiger partial charge in [-0.3, -0.25) is 4.79 Å². The quantitative estimate of drug-likeness (QED) is 0.601. The van der Waals surface area contributed by atoms with E-state index >= 15 is 0 Å². The Morgan fingerprint density at radius 3 is 2.68 bits per heavy atom. The number of nitrogens with one attached hydrogen (secondary N) is 2. The first-order valence-electron chi connectivity index (χ1n) is 6.30. The van der Waals surface area contributed by atoms with Crippen LogP contribution in [-0.4, -0.2) is 35.2 Å². The van der Waals surface area contributed by atoms with E-state index in [9.17, 15) is 9.59 Å².